The van der Waals surface area contributed by atoms with Crippen molar-refractivity contribution >= 4 is 21.4 Å². The average Bonchev–Trinajstić information content (AvgIpc) is 3.35. The molecule has 0 saturated heterocycles. The molecule has 3 aromatic heterocycles. The molecule has 170 valence electrons. The maximum Gasteiger partial charge on any atom is 0.158 e. The van der Waals surface area contributed by atoms with Crippen molar-refractivity contribution in [2.24, 2.45) is 5.92 Å². The molecule has 0 aliphatic rings. The van der Waals surface area contributed by atoms with Gasteiger partial charge in [0, 0.05) is 12.2 Å². The highest BCUT2D eigenvalue weighted by Gasteiger charge is 2.23. The summed E-state index contributed by atoms with van der Waals surface area (Å²) in [5.41, 5.74) is 2.01. The quantitative estimate of drug-likeness (QED) is 0.499. The van der Waals surface area contributed by atoms with Gasteiger partial charge in [0.05, 0.1) is 29.5 Å². The molecule has 3 aromatic rings. The van der Waals surface area contributed by atoms with E-state index in [1.807, 2.05) is 0 Å². The second-order valence-corrected chi connectivity index (χ2v) is 9.96. The minimum absolute atomic E-state index is 0.0521. The number of sulfone groups is 1. The smallest absolute Gasteiger partial charge is 0.158 e. The summed E-state index contributed by atoms with van der Waals surface area (Å²) in [6.07, 6.45) is 6.97. The summed E-state index contributed by atoms with van der Waals surface area (Å²) in [4.78, 5) is 11.7. The molecule has 0 saturated carbocycles. The molecule has 31 heavy (non-hydrogen) atoms. The fraction of sp³-hybridized carbons (Fsp3) is 0.500. The van der Waals surface area contributed by atoms with Gasteiger partial charge in [0.2, 0.25) is 0 Å². The Balaban J connectivity index is 0.000000285. The SMILES string of the molecule is CCC[C@@H](c1[nH]c(-c2ccc(F)cn2)nc1Cl)[C@@H](C)CC.CS(=O)(=O)Cc1cn[nH]n1. The molecule has 8 nitrogen and oxygen atoms in total. The molecule has 2 N–H and O–H groups in total. The first kappa shape index (κ1) is 24.9. The molecule has 0 radical (unpaired) electrons. The summed E-state index contributed by atoms with van der Waals surface area (Å²) in [6.45, 7) is 6.58. The third-order valence-electron chi connectivity index (χ3n) is 4.83. The molecule has 0 unspecified atom stereocenters. The van der Waals surface area contributed by atoms with Gasteiger partial charge in [-0.05, 0) is 24.5 Å². The Morgan fingerprint density at radius 2 is 1.97 bits per heavy atom. The van der Waals surface area contributed by atoms with Crippen molar-refractivity contribution in [1.29, 1.82) is 0 Å². The van der Waals surface area contributed by atoms with E-state index in [0.717, 1.165) is 31.2 Å². The molecule has 3 rings (SSSR count). The first-order chi connectivity index (χ1) is 14.6. The van der Waals surface area contributed by atoms with Crippen LogP contribution >= 0.6 is 11.6 Å². The van der Waals surface area contributed by atoms with Crippen LogP contribution < -0.4 is 0 Å². The lowest BCUT2D eigenvalue weighted by Crippen LogP contribution is -2.10. The molecule has 0 fully saturated rings. The van der Waals surface area contributed by atoms with Crippen LogP contribution in [0.5, 0.6) is 0 Å². The van der Waals surface area contributed by atoms with Gasteiger partial charge in [0.1, 0.15) is 11.5 Å². The Morgan fingerprint density at radius 1 is 1.23 bits per heavy atom. The van der Waals surface area contributed by atoms with Crippen molar-refractivity contribution in [1.82, 2.24) is 30.4 Å². The van der Waals surface area contributed by atoms with Crippen LogP contribution in [0.3, 0.4) is 0 Å². The lowest BCUT2D eigenvalue weighted by molar-refractivity contribution is 0.412. The lowest BCUT2D eigenvalue weighted by atomic mass is 9.86. The zero-order chi connectivity index (χ0) is 23.0. The Morgan fingerprint density at radius 3 is 2.48 bits per heavy atom. The number of halogens is 2. The van der Waals surface area contributed by atoms with Crippen LogP contribution in [0, 0.1) is 11.7 Å². The van der Waals surface area contributed by atoms with Gasteiger partial charge in [0.15, 0.2) is 20.8 Å². The molecule has 0 spiro atoms. The average molecular weight is 471 g/mol. The van der Waals surface area contributed by atoms with Crippen molar-refractivity contribution in [3.8, 4) is 11.5 Å². The van der Waals surface area contributed by atoms with Crippen molar-refractivity contribution in [3.05, 3.63) is 46.9 Å². The van der Waals surface area contributed by atoms with E-state index in [1.54, 1.807) is 6.07 Å². The minimum atomic E-state index is -2.97. The van der Waals surface area contributed by atoms with Gasteiger partial charge >= 0.3 is 0 Å². The molecular weight excluding hydrogens is 443 g/mol. The number of rotatable bonds is 8. The topological polar surface area (TPSA) is 117 Å². The normalized spacial score (nSPS) is 13.4. The third kappa shape index (κ3) is 7.70. The van der Waals surface area contributed by atoms with E-state index in [0.29, 0.717) is 34.2 Å². The van der Waals surface area contributed by atoms with Crippen molar-refractivity contribution < 1.29 is 12.8 Å². The maximum absolute atomic E-state index is 12.9. The number of hydrogen-bond donors (Lipinski definition) is 2. The molecule has 0 aromatic carbocycles. The van der Waals surface area contributed by atoms with E-state index in [9.17, 15) is 12.8 Å². The summed E-state index contributed by atoms with van der Waals surface area (Å²) < 4.78 is 34.2. The molecule has 2 atom stereocenters. The van der Waals surface area contributed by atoms with E-state index in [-0.39, 0.29) is 11.6 Å². The van der Waals surface area contributed by atoms with Crippen LogP contribution in [-0.2, 0) is 15.6 Å². The Hall–Kier alpha value is -2.33. The van der Waals surface area contributed by atoms with Gasteiger partial charge < -0.3 is 4.98 Å². The Labute approximate surface area is 187 Å². The number of aromatic amines is 2. The highest BCUT2D eigenvalue weighted by atomic mass is 35.5. The summed E-state index contributed by atoms with van der Waals surface area (Å²) in [5, 5.41) is 9.88. The number of aromatic nitrogens is 6. The molecule has 0 bridgehead atoms. The highest BCUT2D eigenvalue weighted by Crippen LogP contribution is 2.35. The molecule has 0 amide bonds. The van der Waals surface area contributed by atoms with E-state index in [2.05, 4.69) is 51.1 Å². The van der Waals surface area contributed by atoms with Crippen molar-refractivity contribution in [2.45, 2.75) is 51.7 Å². The van der Waals surface area contributed by atoms with E-state index in [4.69, 9.17) is 11.6 Å². The molecule has 11 heteroatoms. The first-order valence-corrected chi connectivity index (χ1v) is 12.5. The van der Waals surface area contributed by atoms with Crippen LogP contribution in [0.4, 0.5) is 4.39 Å². The summed E-state index contributed by atoms with van der Waals surface area (Å²) in [6, 6.07) is 2.98. The fourth-order valence-electron chi connectivity index (χ4n) is 3.12. The van der Waals surface area contributed by atoms with Gasteiger partial charge in [-0.25, -0.2) is 22.8 Å². The maximum atomic E-state index is 12.9. The number of imidazole rings is 1. The second-order valence-electron chi connectivity index (χ2n) is 7.46. The molecule has 0 aliphatic heterocycles. The van der Waals surface area contributed by atoms with Gasteiger partial charge in [-0.15, -0.1) is 0 Å². The molecule has 3 heterocycles. The number of hydrogen-bond acceptors (Lipinski definition) is 6. The largest absolute Gasteiger partial charge is 0.339 e. The summed E-state index contributed by atoms with van der Waals surface area (Å²) in [7, 11) is -2.97. The predicted octanol–water partition coefficient (Wildman–Crippen LogP) is 4.54. The summed E-state index contributed by atoms with van der Waals surface area (Å²) >= 11 is 6.31. The Kier molecular flexibility index (Phi) is 9.12. The third-order valence-corrected chi connectivity index (χ3v) is 5.94. The van der Waals surface area contributed by atoms with Crippen LogP contribution in [0.1, 0.15) is 57.3 Å². The first-order valence-electron chi connectivity index (χ1n) is 10.0. The van der Waals surface area contributed by atoms with Gasteiger partial charge in [0.25, 0.3) is 0 Å². The zero-order valence-corrected chi connectivity index (χ0v) is 19.6. The summed E-state index contributed by atoms with van der Waals surface area (Å²) in [5.74, 6) is 1.06. The molecular formula is C20H28ClFN6O2S. The van der Waals surface area contributed by atoms with Gasteiger partial charge in [-0.1, -0.05) is 45.2 Å². The van der Waals surface area contributed by atoms with Gasteiger partial charge in [-0.3, -0.25) is 0 Å². The minimum Gasteiger partial charge on any atom is -0.339 e. The molecule has 0 aliphatic carbocycles. The fourth-order valence-corrected chi connectivity index (χ4v) is 4.07. The number of H-pyrrole nitrogens is 2. The van der Waals surface area contributed by atoms with Crippen LogP contribution in [-0.4, -0.2) is 45.0 Å². The lowest BCUT2D eigenvalue weighted by Gasteiger charge is -2.21. The van der Waals surface area contributed by atoms with Crippen LogP contribution in [0.15, 0.2) is 24.5 Å². The number of pyridine rings is 1. The van der Waals surface area contributed by atoms with E-state index in [1.165, 1.54) is 18.5 Å². The van der Waals surface area contributed by atoms with Crippen LogP contribution in [0.2, 0.25) is 5.15 Å². The monoisotopic (exact) mass is 470 g/mol. The van der Waals surface area contributed by atoms with Crippen molar-refractivity contribution in [3.63, 3.8) is 0 Å². The number of nitrogens with one attached hydrogen (secondary N) is 2. The zero-order valence-electron chi connectivity index (χ0n) is 18.1. The predicted molar refractivity (Wildman–Crippen MR) is 119 cm³/mol. The highest BCUT2D eigenvalue weighted by molar-refractivity contribution is 7.89. The standard InChI is InChI=1S/C16H21ClFN3.C4H7N3O2S/c1-4-6-12(10(3)5-2)14-15(17)21-16(20-14)13-8-7-11(18)9-19-13;1-10(8,9)3-4-2-5-7-6-4/h7-10,12H,4-6H2,1-3H3,(H,20,21);2H,3H2,1H3,(H,5,6,7)/t10-,12+;/m0./s1. The second kappa shape index (κ2) is 11.3. The van der Waals surface area contributed by atoms with Gasteiger partial charge in [-0.2, -0.15) is 15.4 Å². The number of nitrogens with zero attached hydrogens (tertiary/aromatic N) is 4. The van der Waals surface area contributed by atoms with Crippen LogP contribution in [0.25, 0.3) is 11.5 Å². The Bertz CT molecular complexity index is 1040. The van der Waals surface area contributed by atoms with E-state index < -0.39 is 9.84 Å². The van der Waals surface area contributed by atoms with E-state index >= 15 is 0 Å². The van der Waals surface area contributed by atoms with Crippen molar-refractivity contribution in [2.75, 3.05) is 6.26 Å².